The average molecular weight is 399 g/mol. The number of aromatic nitrogens is 1. The van der Waals surface area contributed by atoms with E-state index in [2.05, 4.69) is 10.3 Å². The van der Waals surface area contributed by atoms with Gasteiger partial charge in [-0.05, 0) is 66.6 Å². The molecular formula is C24H21N3O3. The maximum Gasteiger partial charge on any atom is 0.255 e. The van der Waals surface area contributed by atoms with Crippen molar-refractivity contribution in [2.75, 3.05) is 16.8 Å². The molecule has 6 heteroatoms. The topological polar surface area (TPSA) is 82.3 Å². The van der Waals surface area contributed by atoms with Gasteiger partial charge < -0.3 is 15.2 Å². The molecule has 5 rings (SSSR count). The Labute approximate surface area is 173 Å². The summed E-state index contributed by atoms with van der Waals surface area (Å²) >= 11 is 0. The number of hydrogen-bond donors (Lipinski definition) is 2. The van der Waals surface area contributed by atoms with E-state index in [0.29, 0.717) is 17.8 Å². The highest BCUT2D eigenvalue weighted by Gasteiger charge is 2.36. The van der Waals surface area contributed by atoms with Gasteiger partial charge in [-0.3, -0.25) is 14.4 Å². The van der Waals surface area contributed by atoms with Crippen LogP contribution in [-0.2, 0) is 16.0 Å². The number of nitrogens with zero attached hydrogens (tertiary/aromatic N) is 1. The minimum Gasteiger partial charge on any atom is -0.323 e. The first-order valence-electron chi connectivity index (χ1n) is 10.1. The third-order valence-electron chi connectivity index (χ3n) is 5.63. The number of carbonyl (C=O) groups is 2. The third-order valence-corrected chi connectivity index (χ3v) is 5.63. The summed E-state index contributed by atoms with van der Waals surface area (Å²) in [6.45, 7) is 0.701. The Bertz CT molecular complexity index is 1250. The molecule has 2 N–H and O–H groups in total. The van der Waals surface area contributed by atoms with Crippen molar-refractivity contribution in [2.45, 2.75) is 19.3 Å². The van der Waals surface area contributed by atoms with E-state index in [1.54, 1.807) is 6.07 Å². The fourth-order valence-electron chi connectivity index (χ4n) is 3.90. The van der Waals surface area contributed by atoms with Crippen molar-refractivity contribution in [2.24, 2.45) is 5.92 Å². The molecule has 1 saturated carbocycles. The molecule has 0 spiro atoms. The highest BCUT2D eigenvalue weighted by Crippen LogP contribution is 2.37. The number of carbonyl (C=O) groups excluding carboxylic acids is 2. The summed E-state index contributed by atoms with van der Waals surface area (Å²) in [7, 11) is 0. The lowest BCUT2D eigenvalue weighted by molar-refractivity contribution is -0.119. The quantitative estimate of drug-likeness (QED) is 0.659. The summed E-state index contributed by atoms with van der Waals surface area (Å²) in [6.07, 6.45) is 5.65. The number of hydrogen-bond acceptors (Lipinski definition) is 3. The number of rotatable bonds is 4. The standard InChI is InChI=1S/C24H21N3O3/c28-22(10-7-18-13-16-3-1-2-4-20(16)26-23(18)29)25-19-8-9-21-17(14-19)11-12-27(21)24(30)15-5-6-15/h1-4,7-10,13-15H,5-6,11-12H2,(H,25,28)(H,26,29)/b10-7+. The molecule has 150 valence electrons. The first-order chi connectivity index (χ1) is 14.6. The van der Waals surface area contributed by atoms with Gasteiger partial charge in [-0.25, -0.2) is 0 Å². The minimum atomic E-state index is -0.314. The van der Waals surface area contributed by atoms with Crippen molar-refractivity contribution in [1.29, 1.82) is 0 Å². The Balaban J connectivity index is 1.30. The van der Waals surface area contributed by atoms with Crippen LogP contribution < -0.4 is 15.8 Å². The second kappa shape index (κ2) is 7.30. The minimum absolute atomic E-state index is 0.193. The van der Waals surface area contributed by atoms with Gasteiger partial charge in [-0.15, -0.1) is 0 Å². The lowest BCUT2D eigenvalue weighted by atomic mass is 10.1. The van der Waals surface area contributed by atoms with Crippen LogP contribution in [-0.4, -0.2) is 23.3 Å². The first-order valence-corrected chi connectivity index (χ1v) is 10.1. The number of amides is 2. The highest BCUT2D eigenvalue weighted by molar-refractivity contribution is 6.03. The van der Waals surface area contributed by atoms with E-state index >= 15 is 0 Å². The fraction of sp³-hybridized carbons (Fsp3) is 0.208. The molecule has 2 amide bonds. The van der Waals surface area contributed by atoms with Gasteiger partial charge in [0.2, 0.25) is 11.8 Å². The monoisotopic (exact) mass is 399 g/mol. The normalized spacial score (nSPS) is 15.5. The second-order valence-corrected chi connectivity index (χ2v) is 7.82. The number of pyridine rings is 1. The molecule has 0 unspecified atom stereocenters. The zero-order chi connectivity index (χ0) is 20.7. The molecular weight excluding hydrogens is 378 g/mol. The van der Waals surface area contributed by atoms with E-state index in [1.165, 1.54) is 12.2 Å². The number of aromatic amines is 1. The summed E-state index contributed by atoms with van der Waals surface area (Å²) in [6, 6.07) is 14.9. The van der Waals surface area contributed by atoms with Crippen molar-refractivity contribution in [3.8, 4) is 0 Å². The fourth-order valence-corrected chi connectivity index (χ4v) is 3.90. The molecule has 2 aromatic carbocycles. The van der Waals surface area contributed by atoms with Gasteiger partial charge in [0.05, 0.1) is 0 Å². The van der Waals surface area contributed by atoms with Gasteiger partial charge in [0, 0.05) is 41.0 Å². The molecule has 1 fully saturated rings. The smallest absolute Gasteiger partial charge is 0.255 e. The molecule has 30 heavy (non-hydrogen) atoms. The van der Waals surface area contributed by atoms with Gasteiger partial charge in [-0.2, -0.15) is 0 Å². The number of H-pyrrole nitrogens is 1. The molecule has 1 aromatic heterocycles. The van der Waals surface area contributed by atoms with Crippen molar-refractivity contribution < 1.29 is 9.59 Å². The van der Waals surface area contributed by atoms with E-state index in [4.69, 9.17) is 0 Å². The number of benzene rings is 2. The van der Waals surface area contributed by atoms with Crippen molar-refractivity contribution in [3.05, 3.63) is 76.1 Å². The van der Waals surface area contributed by atoms with Gasteiger partial charge in [0.1, 0.15) is 0 Å². The zero-order valence-corrected chi connectivity index (χ0v) is 16.4. The van der Waals surface area contributed by atoms with Crippen LogP contribution in [0.2, 0.25) is 0 Å². The summed E-state index contributed by atoms with van der Waals surface area (Å²) in [4.78, 5) is 41.6. The Morgan fingerprint density at radius 2 is 1.93 bits per heavy atom. The summed E-state index contributed by atoms with van der Waals surface area (Å²) < 4.78 is 0. The van der Waals surface area contributed by atoms with E-state index in [-0.39, 0.29) is 23.3 Å². The Morgan fingerprint density at radius 3 is 2.77 bits per heavy atom. The maximum atomic E-state index is 12.4. The van der Waals surface area contributed by atoms with Crippen LogP contribution in [0.5, 0.6) is 0 Å². The van der Waals surface area contributed by atoms with Gasteiger partial charge in [-0.1, -0.05) is 18.2 Å². The third kappa shape index (κ3) is 3.52. The molecule has 2 heterocycles. The number of anilines is 2. The van der Waals surface area contributed by atoms with Crippen LogP contribution in [0, 0.1) is 5.92 Å². The largest absolute Gasteiger partial charge is 0.323 e. The molecule has 0 radical (unpaired) electrons. The Kier molecular flexibility index (Phi) is 4.47. The highest BCUT2D eigenvalue weighted by atomic mass is 16.2. The van der Waals surface area contributed by atoms with E-state index in [0.717, 1.165) is 41.4 Å². The molecule has 0 bridgehead atoms. The predicted molar refractivity (Wildman–Crippen MR) is 117 cm³/mol. The molecule has 1 aliphatic carbocycles. The van der Waals surface area contributed by atoms with Gasteiger partial charge >= 0.3 is 0 Å². The van der Waals surface area contributed by atoms with Crippen LogP contribution in [0.25, 0.3) is 17.0 Å². The lowest BCUT2D eigenvalue weighted by Gasteiger charge is -2.17. The summed E-state index contributed by atoms with van der Waals surface area (Å²) in [5.74, 6) is 0.0965. The summed E-state index contributed by atoms with van der Waals surface area (Å²) in [5, 5.41) is 3.74. The Hall–Kier alpha value is -3.67. The maximum absolute atomic E-state index is 12.4. The average Bonchev–Trinajstić information content (AvgIpc) is 3.51. The van der Waals surface area contributed by atoms with E-state index in [1.807, 2.05) is 47.4 Å². The molecule has 6 nitrogen and oxygen atoms in total. The van der Waals surface area contributed by atoms with Crippen LogP contribution in [0.3, 0.4) is 0 Å². The van der Waals surface area contributed by atoms with Crippen LogP contribution in [0.1, 0.15) is 24.0 Å². The molecule has 3 aromatic rings. The summed E-state index contributed by atoms with van der Waals surface area (Å²) in [5.41, 5.74) is 3.63. The first kappa shape index (κ1) is 18.4. The lowest BCUT2D eigenvalue weighted by Crippen LogP contribution is -2.30. The van der Waals surface area contributed by atoms with Crippen LogP contribution >= 0.6 is 0 Å². The van der Waals surface area contributed by atoms with Crippen molar-refractivity contribution in [3.63, 3.8) is 0 Å². The van der Waals surface area contributed by atoms with Crippen LogP contribution in [0.4, 0.5) is 11.4 Å². The number of nitrogens with one attached hydrogen (secondary N) is 2. The molecule has 0 atom stereocenters. The number of fused-ring (bicyclic) bond motifs is 2. The number of para-hydroxylation sites is 1. The SMILES string of the molecule is O=C(/C=C/c1cc2ccccc2[nH]c1=O)Nc1ccc2c(c1)CCN2C(=O)C1CC1. The van der Waals surface area contributed by atoms with E-state index in [9.17, 15) is 14.4 Å². The Morgan fingerprint density at radius 1 is 1.10 bits per heavy atom. The van der Waals surface area contributed by atoms with Gasteiger partial charge in [0.25, 0.3) is 5.56 Å². The molecule has 0 saturated heterocycles. The second-order valence-electron chi connectivity index (χ2n) is 7.82. The predicted octanol–water partition coefficient (Wildman–Crippen LogP) is 3.48. The van der Waals surface area contributed by atoms with Gasteiger partial charge in [0.15, 0.2) is 0 Å². The van der Waals surface area contributed by atoms with Crippen LogP contribution in [0.15, 0.2) is 59.4 Å². The van der Waals surface area contributed by atoms with Crippen molar-refractivity contribution >= 4 is 40.2 Å². The molecule has 1 aliphatic heterocycles. The zero-order valence-electron chi connectivity index (χ0n) is 16.4. The molecule has 2 aliphatic rings. The van der Waals surface area contributed by atoms with E-state index < -0.39 is 0 Å². The van der Waals surface area contributed by atoms with Crippen molar-refractivity contribution in [1.82, 2.24) is 4.98 Å².